The minimum atomic E-state index is 0. The van der Waals surface area contributed by atoms with E-state index >= 15 is 0 Å². The number of H-pyrrole nitrogens is 1. The van der Waals surface area contributed by atoms with Gasteiger partial charge < -0.3 is 12.4 Å². The first-order valence-corrected chi connectivity index (χ1v) is 6.60. The fourth-order valence-electron chi connectivity index (χ4n) is 1.31. The summed E-state index contributed by atoms with van der Waals surface area (Å²) in [5.41, 5.74) is 0. The average Bonchev–Trinajstić information content (AvgIpc) is 3.03. The number of hydrogen-bond acceptors (Lipinski definition) is 0. The van der Waals surface area contributed by atoms with E-state index in [1.807, 2.05) is 18.3 Å². The Morgan fingerprint density at radius 3 is 2.14 bits per heavy atom. The third-order valence-corrected chi connectivity index (χ3v) is 1.99. The summed E-state index contributed by atoms with van der Waals surface area (Å²) in [6.07, 6.45) is 4.56. The molecule has 1 heterocycles. The van der Waals surface area contributed by atoms with Crippen molar-refractivity contribution in [1.82, 2.24) is 4.98 Å². The number of nitrogens with one attached hydrogen (secondary N) is 1. The topological polar surface area (TPSA) is 15.8 Å². The van der Waals surface area contributed by atoms with Crippen LogP contribution in [-0.2, 0) is 20.0 Å². The van der Waals surface area contributed by atoms with Gasteiger partial charge in [-0.15, -0.1) is 60.7 Å². The molecule has 1 nitrogen and oxygen atoms in total. The zero-order valence-electron chi connectivity index (χ0n) is 12.6. The Morgan fingerprint density at radius 2 is 1.71 bits per heavy atom. The minimum absolute atomic E-state index is 0. The number of benzene rings is 1. The van der Waals surface area contributed by atoms with Crippen molar-refractivity contribution >= 4 is 39.4 Å². The molecule has 0 atom stereocenters. The molecule has 0 radical (unpaired) electrons. The molecule has 0 aliphatic heterocycles. The number of fused-ring (bicyclic) bond motifs is 1. The van der Waals surface area contributed by atoms with Crippen LogP contribution in [-0.4, -0.2) is 8.80 Å². The SMILES string of the molecule is C[C](C)=[Ti].Cl.Cl.[CH3-].[c-]1ccc[nH]1.c1ccc2[cH-]ccc2c1. The number of halogens is 2. The van der Waals surface area contributed by atoms with Crippen LogP contribution in [0.2, 0.25) is 0 Å². The summed E-state index contributed by atoms with van der Waals surface area (Å²) in [5, 5.41) is 2.66. The third kappa shape index (κ3) is 12.7. The average molecular weight is 359 g/mol. The van der Waals surface area contributed by atoms with Gasteiger partial charge in [-0.05, 0) is 0 Å². The van der Waals surface area contributed by atoms with Crippen LogP contribution >= 0.6 is 24.8 Å². The molecular formula is C17H22Cl2NTi-3. The molecular weight excluding hydrogens is 337 g/mol. The van der Waals surface area contributed by atoms with Crippen LogP contribution in [0.15, 0.2) is 60.8 Å². The monoisotopic (exact) mass is 358 g/mol. The summed E-state index contributed by atoms with van der Waals surface area (Å²) in [5.74, 6) is 0. The van der Waals surface area contributed by atoms with Crippen LogP contribution in [0.4, 0.5) is 0 Å². The fraction of sp³-hybridized carbons (Fsp3) is 0.118. The van der Waals surface area contributed by atoms with E-state index in [1.54, 1.807) is 0 Å². The standard InChI is InChI=1S/C9H7.C4H4N.C3H6.CH3.2ClH.Ti/c1-2-5-9-7-3-6-8(9)4-1;1-2-4-5-3-1;1-3-2;;;;/h1-7H;1-3,5H;1-2H3;1H3;2*1H;/q2*-1;;-1;;;. The van der Waals surface area contributed by atoms with E-state index in [4.69, 9.17) is 0 Å². The molecule has 0 spiro atoms. The van der Waals surface area contributed by atoms with Crippen LogP contribution < -0.4 is 0 Å². The summed E-state index contributed by atoms with van der Waals surface area (Å²) < 4.78 is 1.42. The maximum Gasteiger partial charge on any atom is -0.0809 e. The Labute approximate surface area is 152 Å². The second-order valence-corrected chi connectivity index (χ2v) is 5.53. The largest absolute Gasteiger partial charge is 0.484 e. The smallest absolute Gasteiger partial charge is 0.0809 e. The van der Waals surface area contributed by atoms with E-state index in [0.29, 0.717) is 0 Å². The number of rotatable bonds is 0. The van der Waals surface area contributed by atoms with Crippen molar-refractivity contribution in [3.8, 4) is 0 Å². The summed E-state index contributed by atoms with van der Waals surface area (Å²) in [6, 6.07) is 18.4. The quantitative estimate of drug-likeness (QED) is 0.408. The summed E-state index contributed by atoms with van der Waals surface area (Å²) in [6.45, 7) is 4.17. The molecule has 4 heteroatoms. The zero-order chi connectivity index (χ0) is 13.2. The molecule has 1 aromatic heterocycles. The van der Waals surface area contributed by atoms with Gasteiger partial charge in [-0.1, -0.05) is 6.07 Å². The predicted molar refractivity (Wildman–Crippen MR) is 96.4 cm³/mol. The number of aromatic amines is 1. The van der Waals surface area contributed by atoms with Gasteiger partial charge in [0, 0.05) is 0 Å². The molecule has 1 N–H and O–H groups in total. The van der Waals surface area contributed by atoms with E-state index in [1.165, 1.54) is 14.6 Å². The van der Waals surface area contributed by atoms with Gasteiger partial charge in [-0.3, -0.25) is 0 Å². The zero-order valence-corrected chi connectivity index (χ0v) is 15.8. The van der Waals surface area contributed by atoms with E-state index in [9.17, 15) is 0 Å². The molecule has 0 unspecified atom stereocenters. The van der Waals surface area contributed by atoms with Gasteiger partial charge in [0.15, 0.2) is 0 Å². The first kappa shape index (κ1) is 25.2. The van der Waals surface area contributed by atoms with Crippen molar-refractivity contribution in [2.24, 2.45) is 0 Å². The van der Waals surface area contributed by atoms with Crippen LogP contribution in [0.1, 0.15) is 13.8 Å². The van der Waals surface area contributed by atoms with Crippen LogP contribution in [0.5, 0.6) is 0 Å². The molecule has 0 aliphatic rings. The first-order valence-electron chi connectivity index (χ1n) is 5.82. The van der Waals surface area contributed by atoms with E-state index in [-0.39, 0.29) is 32.2 Å². The van der Waals surface area contributed by atoms with Crippen molar-refractivity contribution in [2.45, 2.75) is 13.8 Å². The molecule has 2 aromatic carbocycles. The summed E-state index contributed by atoms with van der Waals surface area (Å²) in [7, 11) is 0. The molecule has 0 amide bonds. The molecule has 3 rings (SSSR count). The number of aromatic nitrogens is 1. The molecule has 0 fully saturated rings. The Bertz CT molecular complexity index is 507. The van der Waals surface area contributed by atoms with Crippen LogP contribution in [0.3, 0.4) is 0 Å². The van der Waals surface area contributed by atoms with Gasteiger partial charge in [0.1, 0.15) is 0 Å². The van der Waals surface area contributed by atoms with Gasteiger partial charge >= 0.3 is 37.6 Å². The van der Waals surface area contributed by atoms with Crippen molar-refractivity contribution in [3.05, 3.63) is 74.4 Å². The molecule has 21 heavy (non-hydrogen) atoms. The third-order valence-electron chi connectivity index (χ3n) is 1.99. The van der Waals surface area contributed by atoms with Gasteiger partial charge in [0.2, 0.25) is 0 Å². The summed E-state index contributed by atoms with van der Waals surface area (Å²) >= 11 is 2.08. The molecule has 3 aromatic rings. The van der Waals surface area contributed by atoms with Gasteiger partial charge in [-0.2, -0.15) is 35.8 Å². The Kier molecular flexibility index (Phi) is 18.8. The number of hydrogen-bond donors (Lipinski definition) is 1. The van der Waals surface area contributed by atoms with Crippen LogP contribution in [0, 0.1) is 13.6 Å². The molecule has 0 aliphatic carbocycles. The predicted octanol–water partition coefficient (Wildman–Crippen LogP) is 5.41. The van der Waals surface area contributed by atoms with Gasteiger partial charge in [0.05, 0.1) is 0 Å². The molecule has 0 saturated carbocycles. The normalized spacial score (nSPS) is 7.48. The van der Waals surface area contributed by atoms with E-state index in [2.05, 4.69) is 87.5 Å². The van der Waals surface area contributed by atoms with Crippen molar-refractivity contribution in [3.63, 3.8) is 0 Å². The Hall–Kier alpha value is -0.726. The maximum atomic E-state index is 2.74. The maximum absolute atomic E-state index is 2.74. The van der Waals surface area contributed by atoms with Gasteiger partial charge in [0.25, 0.3) is 0 Å². The summed E-state index contributed by atoms with van der Waals surface area (Å²) in [4.78, 5) is 2.74. The molecule has 116 valence electrons. The second-order valence-electron chi connectivity index (χ2n) is 3.97. The van der Waals surface area contributed by atoms with E-state index in [0.717, 1.165) is 0 Å². The first-order chi connectivity index (χ1) is 8.70. The Morgan fingerprint density at radius 1 is 1.10 bits per heavy atom. The van der Waals surface area contributed by atoms with Gasteiger partial charge in [-0.25, -0.2) is 0 Å². The fourth-order valence-corrected chi connectivity index (χ4v) is 1.31. The van der Waals surface area contributed by atoms with Crippen molar-refractivity contribution < 1.29 is 20.0 Å². The molecule has 0 saturated heterocycles. The molecule has 0 bridgehead atoms. The second kappa shape index (κ2) is 15.7. The minimum Gasteiger partial charge on any atom is -0.484 e. The van der Waals surface area contributed by atoms with Crippen molar-refractivity contribution in [1.29, 1.82) is 0 Å². The Balaban J connectivity index is -0.000000238. The van der Waals surface area contributed by atoms with Crippen molar-refractivity contribution in [2.75, 3.05) is 0 Å². The van der Waals surface area contributed by atoms with Crippen LogP contribution in [0.25, 0.3) is 10.8 Å². The van der Waals surface area contributed by atoms with E-state index < -0.39 is 0 Å².